The molecular formula is C26H29N3O3. The third-order valence-corrected chi connectivity index (χ3v) is 5.49. The van der Waals surface area contributed by atoms with Crippen LogP contribution in [0.1, 0.15) is 18.2 Å². The molecule has 1 aromatic heterocycles. The summed E-state index contributed by atoms with van der Waals surface area (Å²) in [6.07, 6.45) is 2.07. The van der Waals surface area contributed by atoms with Crippen LogP contribution in [0.15, 0.2) is 66.9 Å². The highest BCUT2D eigenvalue weighted by atomic mass is 16.5. The summed E-state index contributed by atoms with van der Waals surface area (Å²) in [5.41, 5.74) is 5.07. The molecule has 2 heterocycles. The number of benzene rings is 2. The number of anilines is 1. The van der Waals surface area contributed by atoms with Crippen molar-refractivity contribution in [2.45, 2.75) is 19.9 Å². The van der Waals surface area contributed by atoms with Gasteiger partial charge in [-0.1, -0.05) is 36.4 Å². The lowest BCUT2D eigenvalue weighted by Gasteiger charge is -2.28. The number of pyridine rings is 1. The molecule has 0 bridgehead atoms. The molecule has 2 aromatic carbocycles. The lowest BCUT2D eigenvalue weighted by atomic mass is 10.1. The smallest absolute Gasteiger partial charge is 0.226 e. The van der Waals surface area contributed by atoms with E-state index in [-0.39, 0.29) is 12.3 Å². The van der Waals surface area contributed by atoms with Crippen LogP contribution in [0.4, 0.5) is 5.69 Å². The maximum Gasteiger partial charge on any atom is 0.226 e. The van der Waals surface area contributed by atoms with Gasteiger partial charge >= 0.3 is 0 Å². The predicted molar refractivity (Wildman–Crippen MR) is 126 cm³/mol. The second-order valence-corrected chi connectivity index (χ2v) is 7.68. The highest BCUT2D eigenvalue weighted by Crippen LogP contribution is 2.23. The zero-order valence-electron chi connectivity index (χ0n) is 18.4. The van der Waals surface area contributed by atoms with Crippen LogP contribution in [0, 0.1) is 0 Å². The van der Waals surface area contributed by atoms with E-state index in [1.165, 1.54) is 5.69 Å². The number of hydrogen-bond donors (Lipinski definition) is 1. The molecule has 32 heavy (non-hydrogen) atoms. The summed E-state index contributed by atoms with van der Waals surface area (Å²) in [7, 11) is 0. The van der Waals surface area contributed by atoms with Crippen molar-refractivity contribution >= 4 is 11.6 Å². The fraction of sp³-hybridized carbons (Fsp3) is 0.308. The van der Waals surface area contributed by atoms with Crippen LogP contribution < -0.4 is 15.0 Å². The normalized spacial score (nSPS) is 13.6. The van der Waals surface area contributed by atoms with Gasteiger partial charge in [0.2, 0.25) is 5.91 Å². The van der Waals surface area contributed by atoms with E-state index < -0.39 is 0 Å². The van der Waals surface area contributed by atoms with Crippen molar-refractivity contribution in [1.29, 1.82) is 0 Å². The van der Waals surface area contributed by atoms with E-state index in [2.05, 4.69) is 39.5 Å². The van der Waals surface area contributed by atoms with Gasteiger partial charge in [0.25, 0.3) is 0 Å². The third-order valence-electron chi connectivity index (χ3n) is 5.49. The number of amides is 1. The fourth-order valence-electron chi connectivity index (χ4n) is 3.75. The molecule has 3 aromatic rings. The highest BCUT2D eigenvalue weighted by Gasteiger charge is 2.11. The van der Waals surface area contributed by atoms with Crippen molar-refractivity contribution < 1.29 is 14.3 Å². The second-order valence-electron chi connectivity index (χ2n) is 7.68. The van der Waals surface area contributed by atoms with Crippen molar-refractivity contribution in [2.75, 3.05) is 37.8 Å². The molecule has 166 valence electrons. The number of para-hydroxylation sites is 1. The molecule has 0 radical (unpaired) electrons. The molecule has 6 nitrogen and oxygen atoms in total. The molecule has 1 N–H and O–H groups in total. The summed E-state index contributed by atoms with van der Waals surface area (Å²) in [5.74, 6) is 0.740. The minimum Gasteiger partial charge on any atom is -0.494 e. The Balaban J connectivity index is 1.32. The fourth-order valence-corrected chi connectivity index (χ4v) is 3.75. The number of carbonyl (C=O) groups is 1. The van der Waals surface area contributed by atoms with Crippen LogP contribution >= 0.6 is 0 Å². The molecule has 1 saturated heterocycles. The Hall–Kier alpha value is -3.38. The number of carbonyl (C=O) groups excluding carboxylic acids is 1. The van der Waals surface area contributed by atoms with Crippen LogP contribution in [0.25, 0.3) is 11.1 Å². The lowest BCUT2D eigenvalue weighted by molar-refractivity contribution is -0.120. The average Bonchev–Trinajstić information content (AvgIpc) is 2.85. The van der Waals surface area contributed by atoms with Gasteiger partial charge in [0.1, 0.15) is 5.75 Å². The number of hydrogen-bond acceptors (Lipinski definition) is 5. The molecule has 0 spiro atoms. The van der Waals surface area contributed by atoms with E-state index >= 15 is 0 Å². The van der Waals surface area contributed by atoms with Crippen LogP contribution in [0.5, 0.6) is 5.75 Å². The van der Waals surface area contributed by atoms with Crippen LogP contribution in [0.2, 0.25) is 0 Å². The van der Waals surface area contributed by atoms with Gasteiger partial charge in [-0.25, -0.2) is 0 Å². The van der Waals surface area contributed by atoms with Gasteiger partial charge in [-0.15, -0.1) is 0 Å². The molecule has 1 amide bonds. The molecular weight excluding hydrogens is 402 g/mol. The van der Waals surface area contributed by atoms with Crippen molar-refractivity contribution in [3.63, 3.8) is 0 Å². The maximum atomic E-state index is 12.4. The highest BCUT2D eigenvalue weighted by molar-refractivity contribution is 5.78. The first-order chi connectivity index (χ1) is 15.7. The average molecular weight is 432 g/mol. The summed E-state index contributed by atoms with van der Waals surface area (Å²) in [6, 6.07) is 20.2. The Bertz CT molecular complexity index is 1010. The summed E-state index contributed by atoms with van der Waals surface area (Å²) in [4.78, 5) is 19.2. The summed E-state index contributed by atoms with van der Waals surface area (Å²) >= 11 is 0. The van der Waals surface area contributed by atoms with E-state index in [1.54, 1.807) is 0 Å². The SMILES string of the molecule is CCOc1ccccc1CNC(=O)Cc1ccc(-c2ccc(N3CCOCC3)cc2)cn1. The number of rotatable bonds is 8. The third kappa shape index (κ3) is 5.65. The number of morpholine rings is 1. The van der Waals surface area contributed by atoms with Gasteiger partial charge in [0, 0.05) is 48.3 Å². The molecule has 6 heteroatoms. The largest absolute Gasteiger partial charge is 0.494 e. The van der Waals surface area contributed by atoms with Crippen LogP contribution in [-0.4, -0.2) is 43.8 Å². The monoisotopic (exact) mass is 431 g/mol. The molecule has 0 unspecified atom stereocenters. The lowest BCUT2D eigenvalue weighted by Crippen LogP contribution is -2.36. The van der Waals surface area contributed by atoms with Gasteiger partial charge in [-0.3, -0.25) is 9.78 Å². The maximum absolute atomic E-state index is 12.4. The molecule has 4 rings (SSSR count). The van der Waals surface area contributed by atoms with Gasteiger partial charge in [-0.2, -0.15) is 0 Å². The predicted octanol–water partition coefficient (Wildman–Crippen LogP) is 3.84. The van der Waals surface area contributed by atoms with E-state index in [1.807, 2.05) is 49.5 Å². The Labute approximate surface area is 189 Å². The zero-order valence-corrected chi connectivity index (χ0v) is 18.4. The van der Waals surface area contributed by atoms with Crippen LogP contribution in [0.3, 0.4) is 0 Å². The number of nitrogens with zero attached hydrogens (tertiary/aromatic N) is 2. The summed E-state index contributed by atoms with van der Waals surface area (Å²) in [5, 5.41) is 2.96. The quantitative estimate of drug-likeness (QED) is 0.587. The summed E-state index contributed by atoms with van der Waals surface area (Å²) < 4.78 is 11.0. The van der Waals surface area contributed by atoms with E-state index in [4.69, 9.17) is 9.47 Å². The topological polar surface area (TPSA) is 63.7 Å². The van der Waals surface area contributed by atoms with Crippen molar-refractivity contribution in [2.24, 2.45) is 0 Å². The molecule has 1 aliphatic heterocycles. The van der Waals surface area contributed by atoms with Gasteiger partial charge in [0.15, 0.2) is 0 Å². The Morgan fingerprint density at radius 1 is 1.03 bits per heavy atom. The molecule has 1 fully saturated rings. The van der Waals surface area contributed by atoms with E-state index in [9.17, 15) is 4.79 Å². The number of ether oxygens (including phenoxy) is 2. The molecule has 0 aliphatic carbocycles. The molecule has 1 aliphatic rings. The summed E-state index contributed by atoms with van der Waals surface area (Å²) in [6.45, 7) is 6.38. The second kappa shape index (κ2) is 10.8. The standard InChI is InChI=1S/C26H29N3O3/c1-2-32-25-6-4-3-5-22(25)19-28-26(30)17-23-10-7-21(18-27-23)20-8-11-24(12-9-20)29-13-15-31-16-14-29/h3-12,18H,2,13-17,19H2,1H3,(H,28,30). The molecule has 0 saturated carbocycles. The van der Waals surface area contributed by atoms with E-state index in [0.717, 1.165) is 54.4 Å². The molecule has 0 atom stereocenters. The van der Waals surface area contributed by atoms with Crippen molar-refractivity contribution in [3.05, 3.63) is 78.1 Å². The minimum absolute atomic E-state index is 0.0635. The number of aromatic nitrogens is 1. The Morgan fingerprint density at radius 2 is 1.78 bits per heavy atom. The first kappa shape index (κ1) is 21.8. The van der Waals surface area contributed by atoms with Gasteiger partial charge in [0.05, 0.1) is 26.2 Å². The van der Waals surface area contributed by atoms with Crippen molar-refractivity contribution in [1.82, 2.24) is 10.3 Å². The first-order valence-electron chi connectivity index (χ1n) is 11.1. The number of nitrogens with one attached hydrogen (secondary N) is 1. The van der Waals surface area contributed by atoms with Gasteiger partial charge in [-0.05, 0) is 36.8 Å². The Morgan fingerprint density at radius 3 is 2.50 bits per heavy atom. The minimum atomic E-state index is -0.0635. The van der Waals surface area contributed by atoms with E-state index in [0.29, 0.717) is 13.2 Å². The first-order valence-corrected chi connectivity index (χ1v) is 11.1. The Kier molecular flexibility index (Phi) is 7.35. The van der Waals surface area contributed by atoms with Crippen molar-refractivity contribution in [3.8, 4) is 16.9 Å². The van der Waals surface area contributed by atoms with Crippen LogP contribution in [-0.2, 0) is 22.5 Å². The zero-order chi connectivity index (χ0) is 22.2. The van der Waals surface area contributed by atoms with Gasteiger partial charge < -0.3 is 19.7 Å².